The average Bonchev–Trinajstić information content (AvgIpc) is 3.71. The van der Waals surface area contributed by atoms with Crippen molar-refractivity contribution >= 4 is 11.8 Å². The molecular formula is C47H78O14. The van der Waals surface area contributed by atoms with Gasteiger partial charge in [-0.15, -0.1) is 0 Å². The number of aliphatic hydroxyl groups excluding tert-OH is 2. The Morgan fingerprint density at radius 2 is 1.61 bits per heavy atom. The smallest absolute Gasteiger partial charge is 0.306 e. The van der Waals surface area contributed by atoms with E-state index in [1.807, 2.05) is 33.8 Å². The summed E-state index contributed by atoms with van der Waals surface area (Å²) < 4.78 is 53.9. The Bertz CT molecular complexity index is 1570. The topological polar surface area (TPSA) is 189 Å². The first kappa shape index (κ1) is 48.9. The Morgan fingerprint density at radius 1 is 0.902 bits per heavy atom. The van der Waals surface area contributed by atoms with Crippen molar-refractivity contribution < 1.29 is 67.9 Å². The molecule has 0 aromatic heterocycles. The van der Waals surface area contributed by atoms with E-state index in [9.17, 15) is 30.0 Å². The third-order valence-electron chi connectivity index (χ3n) is 15.9. The van der Waals surface area contributed by atoms with Crippen LogP contribution in [0.15, 0.2) is 11.6 Å². The predicted molar refractivity (Wildman–Crippen MR) is 224 cm³/mol. The number of hydrogen-bond donors (Lipinski definition) is 4. The van der Waals surface area contributed by atoms with Crippen LogP contribution < -0.4 is 0 Å². The molecule has 0 aromatic carbocycles. The summed E-state index contributed by atoms with van der Waals surface area (Å²) in [5, 5.41) is 42.5. The number of rotatable bonds is 13. The molecule has 0 unspecified atom stereocenters. The Labute approximate surface area is 363 Å². The van der Waals surface area contributed by atoms with Crippen molar-refractivity contribution in [3.05, 3.63) is 11.6 Å². The van der Waals surface area contributed by atoms with Gasteiger partial charge in [-0.3, -0.25) is 9.59 Å². The van der Waals surface area contributed by atoms with E-state index in [0.29, 0.717) is 44.1 Å². The van der Waals surface area contributed by atoms with Gasteiger partial charge in [0.15, 0.2) is 29.4 Å². The molecule has 6 aliphatic rings. The third-order valence-corrected chi connectivity index (χ3v) is 15.9. The van der Waals surface area contributed by atoms with Crippen LogP contribution in [-0.2, 0) is 47.5 Å². The van der Waals surface area contributed by atoms with Gasteiger partial charge in [0, 0.05) is 68.3 Å². The van der Waals surface area contributed by atoms with Gasteiger partial charge in [-0.2, -0.15) is 0 Å². The van der Waals surface area contributed by atoms with Gasteiger partial charge >= 0.3 is 5.97 Å². The molecule has 6 fully saturated rings. The van der Waals surface area contributed by atoms with Gasteiger partial charge in [-0.05, 0) is 64.4 Å². The SMILES string of the molecule is CO[C@H]1CC[C@@H](O[C@@H]2C[C@H]([C@]3(C)CC[C@]4(C[C@H](O)[C@@H](C)[C@@H]([C@@H](C)/C=C(\C)C(=O)[C@H](C)C[C@H](C)C(=O)O)O4)O3)O[C@]3(O[C@@H]([C@H]4O[C@@](O)(CO)[C@H](C)C[C@@H]4C)C[C@@H]3C)[C@@H]2C)O[C@@H]1C. The number of ketones is 1. The number of carboxylic acids is 1. The van der Waals surface area contributed by atoms with Crippen LogP contribution in [0.1, 0.15) is 134 Å². The molecule has 21 atom stereocenters. The van der Waals surface area contributed by atoms with Crippen LogP contribution in [0, 0.1) is 47.3 Å². The second-order valence-corrected chi connectivity index (χ2v) is 20.6. The van der Waals surface area contributed by atoms with E-state index in [4.69, 9.17) is 37.9 Å². The van der Waals surface area contributed by atoms with Crippen LogP contribution in [-0.4, -0.2) is 124 Å². The summed E-state index contributed by atoms with van der Waals surface area (Å²) >= 11 is 0. The summed E-state index contributed by atoms with van der Waals surface area (Å²) in [5.74, 6) is -7.01. The van der Waals surface area contributed by atoms with Crippen molar-refractivity contribution in [2.24, 2.45) is 47.3 Å². The lowest BCUT2D eigenvalue weighted by molar-refractivity contribution is -0.390. The molecule has 61 heavy (non-hydrogen) atoms. The minimum atomic E-state index is -1.66. The van der Waals surface area contributed by atoms with Crippen molar-refractivity contribution in [3.8, 4) is 0 Å². The molecule has 14 heteroatoms. The van der Waals surface area contributed by atoms with E-state index in [0.717, 1.165) is 6.42 Å². The van der Waals surface area contributed by atoms with Gasteiger partial charge in [-0.25, -0.2) is 0 Å². The first-order valence-electron chi connectivity index (χ1n) is 23.2. The van der Waals surface area contributed by atoms with Gasteiger partial charge in [0.05, 0.1) is 67.0 Å². The van der Waals surface area contributed by atoms with Crippen LogP contribution in [0.4, 0.5) is 0 Å². The molecule has 6 aliphatic heterocycles. The van der Waals surface area contributed by atoms with Gasteiger partial charge in [-0.1, -0.05) is 61.5 Å². The second-order valence-electron chi connectivity index (χ2n) is 20.6. The molecule has 6 heterocycles. The van der Waals surface area contributed by atoms with Crippen molar-refractivity contribution in [3.63, 3.8) is 0 Å². The lowest BCUT2D eigenvalue weighted by Gasteiger charge is -2.54. The molecule has 350 valence electrons. The number of carbonyl (C=O) groups is 2. The zero-order valence-electron chi connectivity index (χ0n) is 38.8. The molecule has 0 aromatic rings. The van der Waals surface area contributed by atoms with Crippen LogP contribution in [0.3, 0.4) is 0 Å². The highest BCUT2D eigenvalue weighted by atomic mass is 16.8. The Balaban J connectivity index is 1.24. The quantitative estimate of drug-likeness (QED) is 0.154. The summed E-state index contributed by atoms with van der Waals surface area (Å²) in [4.78, 5) is 24.8. The van der Waals surface area contributed by atoms with E-state index in [1.54, 1.807) is 27.9 Å². The molecule has 0 bridgehead atoms. The van der Waals surface area contributed by atoms with Crippen molar-refractivity contribution in [2.45, 2.75) is 212 Å². The number of allylic oxidation sites excluding steroid dienone is 1. The number of aliphatic carboxylic acids is 1. The van der Waals surface area contributed by atoms with E-state index in [-0.39, 0.29) is 72.4 Å². The molecule has 2 spiro atoms. The monoisotopic (exact) mass is 867 g/mol. The Kier molecular flexibility index (Phi) is 15.0. The third kappa shape index (κ3) is 9.71. The number of methoxy groups -OCH3 is 1. The van der Waals surface area contributed by atoms with E-state index >= 15 is 0 Å². The maximum atomic E-state index is 13.4. The zero-order chi connectivity index (χ0) is 45.0. The molecule has 6 rings (SSSR count). The van der Waals surface area contributed by atoms with Crippen LogP contribution in [0.2, 0.25) is 0 Å². The normalized spacial score (nSPS) is 48.6. The highest BCUT2D eigenvalue weighted by Gasteiger charge is 2.65. The van der Waals surface area contributed by atoms with Crippen molar-refractivity contribution in [1.82, 2.24) is 0 Å². The first-order chi connectivity index (χ1) is 28.5. The van der Waals surface area contributed by atoms with Gasteiger partial charge in [0.1, 0.15) is 0 Å². The molecule has 0 amide bonds. The van der Waals surface area contributed by atoms with Crippen LogP contribution in [0.5, 0.6) is 0 Å². The molecule has 0 aliphatic carbocycles. The number of Topliss-reactive ketones (excluding diaryl/α,β-unsaturated/α-hetero) is 1. The molecule has 0 radical (unpaired) electrons. The van der Waals surface area contributed by atoms with Crippen molar-refractivity contribution in [1.29, 1.82) is 0 Å². The average molecular weight is 867 g/mol. The molecule has 0 saturated carbocycles. The fourth-order valence-corrected chi connectivity index (χ4v) is 11.8. The van der Waals surface area contributed by atoms with Crippen LogP contribution >= 0.6 is 0 Å². The Hall–Kier alpha value is -1.56. The fraction of sp³-hybridized carbons (Fsp3) is 0.915. The summed E-state index contributed by atoms with van der Waals surface area (Å²) in [6.07, 6.45) is 3.25. The second kappa shape index (κ2) is 18.7. The van der Waals surface area contributed by atoms with Gasteiger partial charge in [0.2, 0.25) is 0 Å². The number of carboxylic acid groups (broad SMARTS) is 1. The maximum Gasteiger partial charge on any atom is 0.306 e. The molecule has 6 saturated heterocycles. The summed E-state index contributed by atoms with van der Waals surface area (Å²) in [6, 6.07) is 0. The van der Waals surface area contributed by atoms with E-state index in [1.165, 1.54) is 0 Å². The first-order valence-corrected chi connectivity index (χ1v) is 23.2. The molecular weight excluding hydrogens is 789 g/mol. The van der Waals surface area contributed by atoms with Gasteiger partial charge < -0.3 is 58.3 Å². The summed E-state index contributed by atoms with van der Waals surface area (Å²) in [7, 11) is 1.70. The van der Waals surface area contributed by atoms with E-state index in [2.05, 4.69) is 27.7 Å². The lowest BCUT2D eigenvalue weighted by atomic mass is 9.76. The fourth-order valence-electron chi connectivity index (χ4n) is 11.8. The standard InChI is InChI=1S/C47H78O14/c1-24(40(50)25(2)18-28(5)43(51)52)17-26(3)41-31(8)34(49)22-45(59-41)16-15-44(11,61-45)38-21-36(56-39-14-13-35(54-12)33(10)55-39)32(9)47(58-38)30(7)20-37(57-47)42-27(4)19-29(6)46(53,23-48)60-42/h17,25-39,41-42,48-49,53H,13-16,18-23H2,1-12H3,(H,51,52)/b24-17+/t25-,26+,27+,28+,29-,30+,31-,32-,33-,34+,35+,36-,37-,38-,39-,41-,42+,44+,45-,46+,47+/m1/s1. The molecule has 4 N–H and O–H groups in total. The number of aliphatic hydroxyl groups is 3. The number of ether oxygens (including phenoxy) is 8. The largest absolute Gasteiger partial charge is 0.481 e. The van der Waals surface area contributed by atoms with Crippen molar-refractivity contribution in [2.75, 3.05) is 13.7 Å². The number of carbonyl (C=O) groups excluding carboxylic acids is 1. The Morgan fingerprint density at radius 3 is 2.25 bits per heavy atom. The highest BCUT2D eigenvalue weighted by molar-refractivity contribution is 5.96. The predicted octanol–water partition coefficient (Wildman–Crippen LogP) is 6.15. The lowest BCUT2D eigenvalue weighted by Crippen LogP contribution is -2.63. The minimum absolute atomic E-state index is 0.0130. The minimum Gasteiger partial charge on any atom is -0.481 e. The van der Waals surface area contributed by atoms with Crippen LogP contribution in [0.25, 0.3) is 0 Å². The maximum absolute atomic E-state index is 13.4. The summed E-state index contributed by atoms with van der Waals surface area (Å²) in [6.45, 7) is 20.9. The summed E-state index contributed by atoms with van der Waals surface area (Å²) in [5.41, 5.74) is -0.326. The zero-order valence-corrected chi connectivity index (χ0v) is 38.8. The highest BCUT2D eigenvalue weighted by Crippen LogP contribution is 2.56. The number of hydrogen-bond acceptors (Lipinski definition) is 13. The molecule has 14 nitrogen and oxygen atoms in total. The van der Waals surface area contributed by atoms with E-state index < -0.39 is 84.2 Å². The van der Waals surface area contributed by atoms with Gasteiger partial charge in [0.25, 0.3) is 0 Å².